The molecule has 162 valence electrons. The Balaban J connectivity index is 0.00000132. The van der Waals surface area contributed by atoms with Gasteiger partial charge in [-0.1, -0.05) is 18.7 Å². The third kappa shape index (κ3) is 4.37. The summed E-state index contributed by atoms with van der Waals surface area (Å²) in [5, 5.41) is 12.1. The summed E-state index contributed by atoms with van der Waals surface area (Å²) in [5.74, 6) is -2.26. The van der Waals surface area contributed by atoms with E-state index in [4.69, 9.17) is 11.0 Å². The zero-order chi connectivity index (χ0) is 22.9. The number of rotatable bonds is 3. The van der Waals surface area contributed by atoms with Crippen LogP contribution in [0.5, 0.6) is 0 Å². The molecule has 2 heterocycles. The number of aliphatic imine (C=N–C) groups is 1. The molecule has 2 aromatic rings. The van der Waals surface area contributed by atoms with Crippen molar-refractivity contribution in [3.05, 3.63) is 58.4 Å². The molecule has 4 rings (SSSR count). The van der Waals surface area contributed by atoms with Gasteiger partial charge in [-0.05, 0) is 30.5 Å². The zero-order valence-corrected chi connectivity index (χ0v) is 17.8. The molecule has 1 aromatic carbocycles. The summed E-state index contributed by atoms with van der Waals surface area (Å²) in [6.45, 7) is 3.67. The van der Waals surface area contributed by atoms with Crippen LogP contribution in [0.1, 0.15) is 40.1 Å². The number of halogens is 3. The van der Waals surface area contributed by atoms with Crippen LogP contribution in [0.25, 0.3) is 0 Å². The van der Waals surface area contributed by atoms with Gasteiger partial charge in [0.25, 0.3) is 5.91 Å². The van der Waals surface area contributed by atoms with Crippen molar-refractivity contribution in [3.63, 3.8) is 0 Å². The second-order valence-electron chi connectivity index (χ2n) is 7.25. The fourth-order valence-corrected chi connectivity index (χ4v) is 5.05. The molecule has 6 nitrogen and oxygen atoms in total. The number of fused-ring (bicyclic) bond motifs is 1. The van der Waals surface area contributed by atoms with Gasteiger partial charge in [-0.25, -0.2) is 13.8 Å². The van der Waals surface area contributed by atoms with Crippen LogP contribution in [0.3, 0.4) is 0 Å². The number of carbonyl (C=O) groups is 1. The van der Waals surface area contributed by atoms with Gasteiger partial charge in [-0.2, -0.15) is 5.26 Å². The number of hydrogen-bond donors (Lipinski definition) is 2. The molecule has 0 saturated heterocycles. The summed E-state index contributed by atoms with van der Waals surface area (Å²) in [6, 6.07) is 5.22. The normalized spacial score (nSPS) is 23.5. The molecule has 0 bridgehead atoms. The summed E-state index contributed by atoms with van der Waals surface area (Å²) < 4.78 is 38.4. The number of amidine groups is 1. The van der Waals surface area contributed by atoms with Crippen molar-refractivity contribution in [2.24, 2.45) is 22.6 Å². The van der Waals surface area contributed by atoms with Crippen molar-refractivity contribution in [1.29, 1.82) is 5.26 Å². The molecular weight excluding hydrogens is 427 g/mol. The van der Waals surface area contributed by atoms with E-state index in [0.29, 0.717) is 29.4 Å². The van der Waals surface area contributed by atoms with Crippen LogP contribution in [0, 0.1) is 41.7 Å². The van der Waals surface area contributed by atoms with Gasteiger partial charge in [0.1, 0.15) is 11.8 Å². The van der Waals surface area contributed by atoms with Crippen LogP contribution < -0.4 is 11.1 Å². The predicted molar refractivity (Wildman–Crippen MR) is 113 cm³/mol. The first-order chi connectivity index (χ1) is 14.8. The number of carbonyl (C=O) groups excluding carboxylic acids is 1. The summed E-state index contributed by atoms with van der Waals surface area (Å²) >= 11 is 1.46. The van der Waals surface area contributed by atoms with Gasteiger partial charge < -0.3 is 11.1 Å². The third-order valence-corrected chi connectivity index (χ3v) is 6.67. The molecular formula is C21H20F3N5OS. The van der Waals surface area contributed by atoms with Crippen molar-refractivity contribution in [2.75, 3.05) is 12.5 Å². The number of thioether (sulfide) groups is 1. The molecule has 1 aliphatic carbocycles. The minimum atomic E-state index is -1.07. The van der Waals surface area contributed by atoms with Crippen LogP contribution in [0.15, 0.2) is 29.4 Å². The molecule has 0 radical (unpaired) electrons. The fraction of sp³-hybridized carbons (Fsp3) is 0.333. The van der Waals surface area contributed by atoms with Gasteiger partial charge in [-0.15, -0.1) is 0 Å². The quantitative estimate of drug-likeness (QED) is 0.737. The third-order valence-electron chi connectivity index (χ3n) is 5.31. The molecule has 1 aromatic heterocycles. The lowest BCUT2D eigenvalue weighted by molar-refractivity contribution is 0.102. The van der Waals surface area contributed by atoms with Gasteiger partial charge in [0.05, 0.1) is 18.8 Å². The number of amides is 1. The number of nitrogens with zero attached hydrogens (tertiary/aromatic N) is 3. The van der Waals surface area contributed by atoms with E-state index in [1.54, 1.807) is 6.92 Å². The molecule has 1 saturated carbocycles. The maximum Gasteiger partial charge on any atom is 0.274 e. The topological polar surface area (TPSA) is 104 Å². The molecule has 31 heavy (non-hydrogen) atoms. The van der Waals surface area contributed by atoms with Crippen LogP contribution >= 0.6 is 11.8 Å². The fourth-order valence-electron chi connectivity index (χ4n) is 3.74. The summed E-state index contributed by atoms with van der Waals surface area (Å²) in [6.07, 6.45) is 1.28. The van der Waals surface area contributed by atoms with Gasteiger partial charge in [0.2, 0.25) is 0 Å². The predicted octanol–water partition coefficient (Wildman–Crippen LogP) is 4.12. The number of hydrogen-bond acceptors (Lipinski definition) is 6. The molecule has 1 amide bonds. The van der Waals surface area contributed by atoms with Crippen LogP contribution in [0.2, 0.25) is 0 Å². The summed E-state index contributed by atoms with van der Waals surface area (Å²) in [4.78, 5) is 20.9. The van der Waals surface area contributed by atoms with Gasteiger partial charge >= 0.3 is 0 Å². The Labute approximate surface area is 181 Å². The van der Waals surface area contributed by atoms with Crippen LogP contribution in [0.4, 0.5) is 18.9 Å². The number of nitriles is 1. The molecule has 1 fully saturated rings. The van der Waals surface area contributed by atoms with Gasteiger partial charge in [0, 0.05) is 34.7 Å². The monoisotopic (exact) mass is 447 g/mol. The largest absolute Gasteiger partial charge is 0.379 e. The molecule has 2 aliphatic rings. The highest BCUT2D eigenvalue weighted by atomic mass is 32.2. The molecule has 3 N–H and O–H groups in total. The first kappa shape index (κ1) is 22.6. The van der Waals surface area contributed by atoms with Crippen LogP contribution in [-0.2, 0) is 0 Å². The van der Waals surface area contributed by atoms with Crippen molar-refractivity contribution < 1.29 is 18.0 Å². The number of nitrogens with one attached hydrogen (secondary N) is 1. The number of alkyl halides is 1. The number of anilines is 1. The Bertz CT molecular complexity index is 1100. The number of nitrogens with two attached hydrogens (primary N) is 1. The Morgan fingerprint density at radius 3 is 2.65 bits per heavy atom. The minimum absolute atomic E-state index is 0.0763. The van der Waals surface area contributed by atoms with E-state index in [1.165, 1.54) is 30.1 Å². The van der Waals surface area contributed by atoms with Gasteiger partial charge in [-0.3, -0.25) is 14.2 Å². The van der Waals surface area contributed by atoms with Crippen LogP contribution in [-0.4, -0.2) is 28.5 Å². The standard InChI is InChI=1S/C20H17F2N5OS.CH3F/c1-8-3-10(6-23)7-25-16(8)19(28)26-11-4-12(15(22)13(21)5-11)17-14-9(2)18(14)29-20(24)27-17;1-2/h3-5,7,9,14,17-18H,1-2H3,(H2,24,27)(H,26,28);1H3/t9-,14?,17?,18?;/m0./s1. The summed E-state index contributed by atoms with van der Waals surface area (Å²) in [5.41, 5.74) is 6.97. The van der Waals surface area contributed by atoms with E-state index >= 15 is 0 Å². The number of aryl methyl sites for hydroxylation is 1. The highest BCUT2D eigenvalue weighted by Crippen LogP contribution is 2.58. The van der Waals surface area contributed by atoms with E-state index in [1.807, 2.05) is 13.0 Å². The number of pyridine rings is 1. The van der Waals surface area contributed by atoms with E-state index in [-0.39, 0.29) is 28.1 Å². The minimum Gasteiger partial charge on any atom is -0.379 e. The first-order valence-corrected chi connectivity index (χ1v) is 10.2. The first-order valence-electron chi connectivity index (χ1n) is 9.35. The zero-order valence-electron chi connectivity index (χ0n) is 17.0. The van der Waals surface area contributed by atoms with Crippen molar-refractivity contribution in [2.45, 2.75) is 25.1 Å². The second kappa shape index (κ2) is 8.98. The molecule has 4 atom stereocenters. The average Bonchev–Trinajstić information content (AvgIpc) is 3.40. The highest BCUT2D eigenvalue weighted by molar-refractivity contribution is 8.14. The van der Waals surface area contributed by atoms with E-state index in [2.05, 4.69) is 15.3 Å². The van der Waals surface area contributed by atoms with Crippen molar-refractivity contribution in [1.82, 2.24) is 4.98 Å². The SMILES string of the molecule is CF.Cc1cc(C#N)cnc1C(=O)Nc1cc(F)c(F)c(C2N=C(N)SC3C2[C@@H]3C)c1. The van der Waals surface area contributed by atoms with E-state index < -0.39 is 23.6 Å². The average molecular weight is 447 g/mol. The van der Waals surface area contributed by atoms with E-state index in [9.17, 15) is 18.0 Å². The molecule has 10 heteroatoms. The lowest BCUT2D eigenvalue weighted by Crippen LogP contribution is -2.19. The Morgan fingerprint density at radius 1 is 1.29 bits per heavy atom. The Morgan fingerprint density at radius 2 is 2.00 bits per heavy atom. The smallest absolute Gasteiger partial charge is 0.274 e. The van der Waals surface area contributed by atoms with E-state index in [0.717, 1.165) is 6.07 Å². The van der Waals surface area contributed by atoms with Gasteiger partial charge in [0.15, 0.2) is 16.8 Å². The maximum absolute atomic E-state index is 14.6. The molecule has 3 unspecified atom stereocenters. The summed E-state index contributed by atoms with van der Waals surface area (Å²) in [7, 11) is 0.500. The Hall–Kier alpha value is -3.06. The Kier molecular flexibility index (Phi) is 6.55. The lowest BCUT2D eigenvalue weighted by Gasteiger charge is -2.20. The molecule has 0 spiro atoms. The number of aromatic nitrogens is 1. The maximum atomic E-state index is 14.6. The van der Waals surface area contributed by atoms with Crippen molar-refractivity contribution in [3.8, 4) is 6.07 Å². The second-order valence-corrected chi connectivity index (χ2v) is 8.45. The molecule has 1 aliphatic heterocycles. The van der Waals surface area contributed by atoms with Crippen molar-refractivity contribution >= 4 is 28.5 Å². The number of benzene rings is 1. The highest BCUT2D eigenvalue weighted by Gasteiger charge is 2.55. The lowest BCUT2D eigenvalue weighted by atomic mass is 10.00.